The lowest BCUT2D eigenvalue weighted by Crippen LogP contribution is -2.27. The molecule has 0 aliphatic carbocycles. The van der Waals surface area contributed by atoms with Crippen LogP contribution in [-0.4, -0.2) is 32.4 Å². The van der Waals surface area contributed by atoms with E-state index in [1.165, 1.54) is 12.1 Å². The summed E-state index contributed by atoms with van der Waals surface area (Å²) >= 11 is 0. The van der Waals surface area contributed by atoms with Crippen LogP contribution in [0, 0.1) is 12.7 Å². The molecule has 0 unspecified atom stereocenters. The number of nitrogens with zero attached hydrogens (tertiary/aromatic N) is 4. The molecule has 1 saturated heterocycles. The number of benzene rings is 1. The summed E-state index contributed by atoms with van der Waals surface area (Å²) in [6.07, 6.45) is 3.35. The Morgan fingerprint density at radius 1 is 1.32 bits per heavy atom. The average molecular weight is 342 g/mol. The molecule has 0 saturated carbocycles. The molecule has 25 heavy (non-hydrogen) atoms. The second-order valence-electron chi connectivity index (χ2n) is 6.37. The predicted octanol–water partition coefficient (Wildman–Crippen LogP) is 2.28. The molecule has 1 aliphatic heterocycles. The van der Waals surface area contributed by atoms with Gasteiger partial charge in [-0.25, -0.2) is 13.9 Å². The first kappa shape index (κ1) is 16.0. The number of fused-ring (bicyclic) bond motifs is 1. The van der Waals surface area contributed by atoms with Gasteiger partial charge in [-0.2, -0.15) is 5.10 Å². The van der Waals surface area contributed by atoms with Gasteiger partial charge in [0.25, 0.3) is 5.56 Å². The number of rotatable bonds is 3. The van der Waals surface area contributed by atoms with Gasteiger partial charge in [0.15, 0.2) is 5.52 Å². The van der Waals surface area contributed by atoms with Gasteiger partial charge in [0.2, 0.25) is 0 Å². The summed E-state index contributed by atoms with van der Waals surface area (Å²) in [5.41, 5.74) is 1.01. The Bertz CT molecular complexity index is 973. The standard InChI is InChI=1S/C18H19FN4O2/c1-12-21-23-16(10-20-17(23)14-5-7-25-8-6-14)18(24)22(12)11-13-3-2-4-15(19)9-13/h2-4,9-10,14H,5-8,11H2,1H3. The van der Waals surface area contributed by atoms with Crippen molar-refractivity contribution in [1.29, 1.82) is 0 Å². The molecular formula is C18H19FN4O2. The summed E-state index contributed by atoms with van der Waals surface area (Å²) in [7, 11) is 0. The largest absolute Gasteiger partial charge is 0.381 e. The average Bonchev–Trinajstić information content (AvgIpc) is 3.03. The fraction of sp³-hybridized carbons (Fsp3) is 0.389. The van der Waals surface area contributed by atoms with Gasteiger partial charge in [-0.1, -0.05) is 12.1 Å². The molecule has 0 atom stereocenters. The zero-order chi connectivity index (χ0) is 17.4. The van der Waals surface area contributed by atoms with Crippen molar-refractivity contribution in [3.05, 3.63) is 63.8 Å². The molecule has 0 bridgehead atoms. The minimum Gasteiger partial charge on any atom is -0.381 e. The van der Waals surface area contributed by atoms with Crippen molar-refractivity contribution in [3.63, 3.8) is 0 Å². The van der Waals surface area contributed by atoms with Gasteiger partial charge in [-0.15, -0.1) is 0 Å². The van der Waals surface area contributed by atoms with E-state index >= 15 is 0 Å². The Morgan fingerprint density at radius 3 is 2.88 bits per heavy atom. The fourth-order valence-corrected chi connectivity index (χ4v) is 3.33. The van der Waals surface area contributed by atoms with Crippen LogP contribution in [0.15, 0.2) is 35.3 Å². The van der Waals surface area contributed by atoms with Crippen LogP contribution in [0.2, 0.25) is 0 Å². The molecule has 1 fully saturated rings. The quantitative estimate of drug-likeness (QED) is 0.733. The maximum absolute atomic E-state index is 13.4. The normalized spacial score (nSPS) is 15.8. The first-order valence-corrected chi connectivity index (χ1v) is 8.41. The summed E-state index contributed by atoms with van der Waals surface area (Å²) in [6, 6.07) is 6.25. The van der Waals surface area contributed by atoms with Crippen LogP contribution in [0.5, 0.6) is 0 Å². The number of ether oxygens (including phenoxy) is 1. The van der Waals surface area contributed by atoms with Gasteiger partial charge >= 0.3 is 0 Å². The molecule has 0 radical (unpaired) electrons. The molecule has 4 rings (SSSR count). The predicted molar refractivity (Wildman–Crippen MR) is 90.3 cm³/mol. The summed E-state index contributed by atoms with van der Waals surface area (Å²) < 4.78 is 22.0. The van der Waals surface area contributed by atoms with E-state index in [9.17, 15) is 9.18 Å². The van der Waals surface area contributed by atoms with Gasteiger partial charge in [0.1, 0.15) is 17.5 Å². The molecule has 1 aliphatic rings. The third kappa shape index (κ3) is 2.95. The zero-order valence-corrected chi connectivity index (χ0v) is 14.0. The maximum atomic E-state index is 13.4. The van der Waals surface area contributed by atoms with Crippen molar-refractivity contribution < 1.29 is 9.13 Å². The number of imidazole rings is 1. The zero-order valence-electron chi connectivity index (χ0n) is 14.0. The Hall–Kier alpha value is -2.54. The summed E-state index contributed by atoms with van der Waals surface area (Å²) in [6.45, 7) is 3.47. The van der Waals surface area contributed by atoms with E-state index in [0.29, 0.717) is 24.6 Å². The second kappa shape index (κ2) is 6.40. The molecule has 2 aromatic heterocycles. The monoisotopic (exact) mass is 342 g/mol. The van der Waals surface area contributed by atoms with Crippen molar-refractivity contribution in [3.8, 4) is 0 Å². The van der Waals surface area contributed by atoms with Crippen LogP contribution in [0.4, 0.5) is 4.39 Å². The van der Waals surface area contributed by atoms with E-state index in [1.807, 2.05) is 0 Å². The minimum atomic E-state index is -0.316. The minimum absolute atomic E-state index is 0.164. The van der Waals surface area contributed by atoms with E-state index in [-0.39, 0.29) is 23.8 Å². The van der Waals surface area contributed by atoms with E-state index in [0.717, 1.165) is 24.2 Å². The molecule has 3 aromatic rings. The van der Waals surface area contributed by atoms with Crippen LogP contribution < -0.4 is 5.56 Å². The van der Waals surface area contributed by atoms with Crippen molar-refractivity contribution >= 4 is 5.52 Å². The highest BCUT2D eigenvalue weighted by Crippen LogP contribution is 2.25. The molecule has 7 heteroatoms. The van der Waals surface area contributed by atoms with Crippen molar-refractivity contribution in [2.45, 2.75) is 32.2 Å². The Balaban J connectivity index is 1.76. The lowest BCUT2D eigenvalue weighted by Gasteiger charge is -2.20. The summed E-state index contributed by atoms with van der Waals surface area (Å²) in [5.74, 6) is 1.33. The van der Waals surface area contributed by atoms with Gasteiger partial charge < -0.3 is 4.74 Å². The molecule has 130 valence electrons. The highest BCUT2D eigenvalue weighted by molar-refractivity contribution is 5.43. The molecule has 0 N–H and O–H groups in total. The Morgan fingerprint density at radius 2 is 2.12 bits per heavy atom. The maximum Gasteiger partial charge on any atom is 0.279 e. The number of aromatic nitrogens is 4. The van der Waals surface area contributed by atoms with E-state index in [2.05, 4.69) is 10.1 Å². The lowest BCUT2D eigenvalue weighted by molar-refractivity contribution is 0.0832. The van der Waals surface area contributed by atoms with Crippen LogP contribution in [0.3, 0.4) is 0 Å². The second-order valence-corrected chi connectivity index (χ2v) is 6.37. The molecule has 1 aromatic carbocycles. The van der Waals surface area contributed by atoms with Crippen molar-refractivity contribution in [2.24, 2.45) is 0 Å². The third-order valence-corrected chi connectivity index (χ3v) is 4.68. The van der Waals surface area contributed by atoms with Gasteiger partial charge in [0.05, 0.1) is 12.7 Å². The summed E-state index contributed by atoms with van der Waals surface area (Å²) in [4.78, 5) is 17.3. The lowest BCUT2D eigenvalue weighted by atomic mass is 10.00. The van der Waals surface area contributed by atoms with Crippen LogP contribution in [0.25, 0.3) is 5.52 Å². The van der Waals surface area contributed by atoms with E-state index in [4.69, 9.17) is 4.74 Å². The molecule has 3 heterocycles. The van der Waals surface area contributed by atoms with Crippen LogP contribution in [-0.2, 0) is 11.3 Å². The number of aryl methyl sites for hydroxylation is 1. The van der Waals surface area contributed by atoms with E-state index < -0.39 is 0 Å². The third-order valence-electron chi connectivity index (χ3n) is 4.68. The Kier molecular flexibility index (Phi) is 4.09. The van der Waals surface area contributed by atoms with Crippen molar-refractivity contribution in [2.75, 3.05) is 13.2 Å². The molecule has 0 spiro atoms. The van der Waals surface area contributed by atoms with Crippen LogP contribution >= 0.6 is 0 Å². The Labute approximate surface area is 143 Å². The van der Waals surface area contributed by atoms with Crippen molar-refractivity contribution in [1.82, 2.24) is 19.2 Å². The smallest absolute Gasteiger partial charge is 0.279 e. The van der Waals surface area contributed by atoms with Crippen LogP contribution in [0.1, 0.15) is 36.0 Å². The fourth-order valence-electron chi connectivity index (χ4n) is 3.33. The number of hydrogen-bond acceptors (Lipinski definition) is 4. The van der Waals surface area contributed by atoms with Gasteiger partial charge in [-0.05, 0) is 37.5 Å². The highest BCUT2D eigenvalue weighted by atomic mass is 19.1. The number of hydrogen-bond donors (Lipinski definition) is 0. The molecule has 0 amide bonds. The summed E-state index contributed by atoms with van der Waals surface area (Å²) in [5, 5.41) is 4.57. The van der Waals surface area contributed by atoms with Gasteiger partial charge in [0, 0.05) is 19.1 Å². The highest BCUT2D eigenvalue weighted by Gasteiger charge is 2.22. The first-order chi connectivity index (χ1) is 12.1. The molecular weight excluding hydrogens is 323 g/mol. The van der Waals surface area contributed by atoms with Gasteiger partial charge in [-0.3, -0.25) is 9.36 Å². The molecule has 6 nitrogen and oxygen atoms in total. The van der Waals surface area contributed by atoms with E-state index in [1.54, 1.807) is 34.3 Å². The number of halogens is 1. The topological polar surface area (TPSA) is 61.4 Å². The SMILES string of the molecule is Cc1nn2c(C3CCOCC3)ncc2c(=O)n1Cc1cccc(F)c1. The first-order valence-electron chi connectivity index (χ1n) is 8.41.